The summed E-state index contributed by atoms with van der Waals surface area (Å²) in [5.41, 5.74) is 9.93. The Labute approximate surface area is 132 Å². The second kappa shape index (κ2) is 6.26. The first-order valence-corrected chi connectivity index (χ1v) is 7.54. The smallest absolute Gasteiger partial charge is 0.255 e. The Kier molecular flexibility index (Phi) is 4.63. The van der Waals surface area contributed by atoms with Crippen molar-refractivity contribution in [1.29, 1.82) is 0 Å². The van der Waals surface area contributed by atoms with Crippen LogP contribution in [0.15, 0.2) is 28.7 Å². The number of nitrogens with two attached hydrogens (primary N) is 1. The zero-order valence-corrected chi connectivity index (χ0v) is 13.9. The molecule has 110 valence electrons. The van der Waals surface area contributed by atoms with Crippen LogP contribution in [0.25, 0.3) is 0 Å². The first-order chi connectivity index (χ1) is 9.90. The zero-order chi connectivity index (χ0) is 15.6. The predicted octanol–water partition coefficient (Wildman–Crippen LogP) is 3.86. The van der Waals surface area contributed by atoms with Crippen LogP contribution in [-0.2, 0) is 6.42 Å². The van der Waals surface area contributed by atoms with Crippen molar-refractivity contribution >= 4 is 33.3 Å². The maximum Gasteiger partial charge on any atom is 0.255 e. The molecule has 0 atom stereocenters. The summed E-state index contributed by atoms with van der Waals surface area (Å²) in [5.74, 6) is 0.191. The van der Waals surface area contributed by atoms with E-state index < -0.39 is 0 Å². The predicted molar refractivity (Wildman–Crippen MR) is 89.6 cm³/mol. The Morgan fingerprint density at radius 3 is 2.43 bits per heavy atom. The van der Waals surface area contributed by atoms with Crippen molar-refractivity contribution in [3.05, 3.63) is 51.1 Å². The van der Waals surface area contributed by atoms with Crippen molar-refractivity contribution < 1.29 is 4.79 Å². The van der Waals surface area contributed by atoms with E-state index in [0.717, 1.165) is 33.4 Å². The second-order valence-electron chi connectivity index (χ2n) is 4.99. The van der Waals surface area contributed by atoms with Crippen molar-refractivity contribution in [3.63, 3.8) is 0 Å². The molecular formula is C16H18BrN3O. The summed E-state index contributed by atoms with van der Waals surface area (Å²) < 4.78 is 0.997. The van der Waals surface area contributed by atoms with Gasteiger partial charge in [0.25, 0.3) is 5.91 Å². The summed E-state index contributed by atoms with van der Waals surface area (Å²) in [6.45, 7) is 5.91. The molecule has 0 saturated heterocycles. The zero-order valence-electron chi connectivity index (χ0n) is 12.3. The number of pyridine rings is 1. The molecule has 21 heavy (non-hydrogen) atoms. The van der Waals surface area contributed by atoms with Gasteiger partial charge in [0.05, 0.1) is 0 Å². The lowest BCUT2D eigenvalue weighted by Gasteiger charge is -2.13. The summed E-state index contributed by atoms with van der Waals surface area (Å²) in [6, 6.07) is 7.31. The van der Waals surface area contributed by atoms with Gasteiger partial charge in [-0.3, -0.25) is 4.79 Å². The van der Waals surface area contributed by atoms with Crippen molar-refractivity contribution in [2.24, 2.45) is 0 Å². The Hall–Kier alpha value is -1.88. The van der Waals surface area contributed by atoms with Crippen molar-refractivity contribution in [3.8, 4) is 0 Å². The summed E-state index contributed by atoms with van der Waals surface area (Å²) in [4.78, 5) is 16.6. The SMILES string of the molecule is CCc1cc(C(=O)Nc2c(C)cc(Br)cc2C)cc(N)n1. The standard InChI is InChI=1S/C16H18BrN3O/c1-4-13-7-11(8-14(18)19-13)16(21)20-15-9(2)5-12(17)6-10(15)3/h5-8H,4H2,1-3H3,(H2,18,19)(H,20,21). The number of amides is 1. The minimum atomic E-state index is -0.174. The normalized spacial score (nSPS) is 10.5. The minimum absolute atomic E-state index is 0.174. The molecule has 2 rings (SSSR count). The number of nitrogens with zero attached hydrogens (tertiary/aromatic N) is 1. The molecule has 0 aliphatic carbocycles. The van der Waals surface area contributed by atoms with Crippen LogP contribution in [-0.4, -0.2) is 10.9 Å². The average Bonchev–Trinajstić information content (AvgIpc) is 2.41. The van der Waals surface area contributed by atoms with Crippen molar-refractivity contribution in [2.45, 2.75) is 27.2 Å². The lowest BCUT2D eigenvalue weighted by atomic mass is 10.1. The number of nitrogen functional groups attached to an aromatic ring is 1. The largest absolute Gasteiger partial charge is 0.384 e. The Morgan fingerprint density at radius 1 is 1.24 bits per heavy atom. The van der Waals surface area contributed by atoms with Crippen LogP contribution in [0.4, 0.5) is 11.5 Å². The molecule has 0 spiro atoms. The van der Waals surface area contributed by atoms with Gasteiger partial charge >= 0.3 is 0 Å². The highest BCUT2D eigenvalue weighted by atomic mass is 79.9. The second-order valence-corrected chi connectivity index (χ2v) is 5.91. The van der Waals surface area contributed by atoms with Crippen LogP contribution < -0.4 is 11.1 Å². The lowest BCUT2D eigenvalue weighted by molar-refractivity contribution is 0.102. The van der Waals surface area contributed by atoms with Gasteiger partial charge in [-0.25, -0.2) is 4.98 Å². The number of anilines is 2. The van der Waals surface area contributed by atoms with Gasteiger partial charge in [-0.1, -0.05) is 22.9 Å². The highest BCUT2D eigenvalue weighted by Gasteiger charge is 2.12. The number of aryl methyl sites for hydroxylation is 3. The summed E-state index contributed by atoms with van der Waals surface area (Å²) in [5, 5.41) is 2.96. The number of carbonyl (C=O) groups excluding carboxylic acids is 1. The maximum atomic E-state index is 12.4. The molecule has 3 N–H and O–H groups in total. The Bertz CT molecular complexity index is 675. The lowest BCUT2D eigenvalue weighted by Crippen LogP contribution is -2.15. The number of hydrogen-bond donors (Lipinski definition) is 2. The molecule has 0 unspecified atom stereocenters. The molecule has 0 radical (unpaired) electrons. The number of carbonyl (C=O) groups is 1. The van der Waals surface area contributed by atoms with E-state index >= 15 is 0 Å². The van der Waals surface area contributed by atoms with Gasteiger partial charge in [0, 0.05) is 21.4 Å². The van der Waals surface area contributed by atoms with Gasteiger partial charge in [-0.2, -0.15) is 0 Å². The van der Waals surface area contributed by atoms with E-state index in [0.29, 0.717) is 11.4 Å². The van der Waals surface area contributed by atoms with Crippen LogP contribution in [0.1, 0.15) is 34.1 Å². The number of aromatic nitrogens is 1. The number of hydrogen-bond acceptors (Lipinski definition) is 3. The van der Waals surface area contributed by atoms with Crippen LogP contribution in [0.3, 0.4) is 0 Å². The quantitative estimate of drug-likeness (QED) is 0.885. The minimum Gasteiger partial charge on any atom is -0.384 e. The number of rotatable bonds is 3. The monoisotopic (exact) mass is 347 g/mol. The van der Waals surface area contributed by atoms with E-state index in [4.69, 9.17) is 5.73 Å². The fourth-order valence-corrected chi connectivity index (χ4v) is 2.90. The molecule has 0 saturated carbocycles. The third-order valence-corrected chi connectivity index (χ3v) is 3.72. The van der Waals surface area contributed by atoms with Crippen molar-refractivity contribution in [1.82, 2.24) is 4.98 Å². The van der Waals surface area contributed by atoms with Gasteiger partial charge in [0.1, 0.15) is 5.82 Å². The van der Waals surface area contributed by atoms with Crippen LogP contribution >= 0.6 is 15.9 Å². The van der Waals surface area contributed by atoms with Gasteiger partial charge in [-0.05, 0) is 55.7 Å². The van der Waals surface area contributed by atoms with E-state index in [1.54, 1.807) is 12.1 Å². The fraction of sp³-hybridized carbons (Fsp3) is 0.250. The molecule has 0 bridgehead atoms. The fourth-order valence-electron chi connectivity index (χ4n) is 2.22. The molecule has 5 heteroatoms. The molecule has 2 aromatic rings. The van der Waals surface area contributed by atoms with Crippen LogP contribution in [0.2, 0.25) is 0 Å². The van der Waals surface area contributed by atoms with Crippen LogP contribution in [0.5, 0.6) is 0 Å². The Morgan fingerprint density at radius 2 is 1.86 bits per heavy atom. The molecular weight excluding hydrogens is 330 g/mol. The molecule has 1 amide bonds. The molecule has 1 heterocycles. The summed E-state index contributed by atoms with van der Waals surface area (Å²) in [6.07, 6.45) is 0.738. The van der Waals surface area contributed by atoms with E-state index in [-0.39, 0.29) is 5.91 Å². The van der Waals surface area contributed by atoms with E-state index in [1.165, 1.54) is 0 Å². The first-order valence-electron chi connectivity index (χ1n) is 6.75. The van der Waals surface area contributed by atoms with Gasteiger partial charge in [-0.15, -0.1) is 0 Å². The molecule has 0 aliphatic rings. The summed E-state index contributed by atoms with van der Waals surface area (Å²) >= 11 is 3.45. The topological polar surface area (TPSA) is 68.0 Å². The highest BCUT2D eigenvalue weighted by Crippen LogP contribution is 2.25. The average molecular weight is 348 g/mol. The molecule has 0 aliphatic heterocycles. The third kappa shape index (κ3) is 3.61. The Balaban J connectivity index is 2.32. The maximum absolute atomic E-state index is 12.4. The van der Waals surface area contributed by atoms with Gasteiger partial charge in [0.2, 0.25) is 0 Å². The number of benzene rings is 1. The van der Waals surface area contributed by atoms with Crippen molar-refractivity contribution in [2.75, 3.05) is 11.1 Å². The summed E-state index contributed by atoms with van der Waals surface area (Å²) in [7, 11) is 0. The van der Waals surface area contributed by atoms with Gasteiger partial charge < -0.3 is 11.1 Å². The van der Waals surface area contributed by atoms with Crippen LogP contribution in [0, 0.1) is 13.8 Å². The first kappa shape index (κ1) is 15.5. The molecule has 1 aromatic heterocycles. The number of halogens is 1. The molecule has 1 aromatic carbocycles. The van der Waals surface area contributed by atoms with E-state index in [2.05, 4.69) is 26.2 Å². The van der Waals surface area contributed by atoms with E-state index in [9.17, 15) is 4.79 Å². The third-order valence-electron chi connectivity index (χ3n) is 3.26. The number of nitrogens with one attached hydrogen (secondary N) is 1. The van der Waals surface area contributed by atoms with Gasteiger partial charge in [0.15, 0.2) is 0 Å². The molecule has 0 fully saturated rings. The highest BCUT2D eigenvalue weighted by molar-refractivity contribution is 9.10. The molecule has 4 nitrogen and oxygen atoms in total. The van der Waals surface area contributed by atoms with E-state index in [1.807, 2.05) is 32.9 Å².